The van der Waals surface area contributed by atoms with E-state index in [1.165, 1.54) is 12.1 Å². The molecule has 0 aliphatic carbocycles. The fourth-order valence-corrected chi connectivity index (χ4v) is 1.84. The second-order valence-electron chi connectivity index (χ2n) is 4.24. The monoisotopic (exact) mass is 285 g/mol. The SMILES string of the molecule is O=C(Nc1ccc2ccccc2n1)On1c(O)ccc1O. The van der Waals surface area contributed by atoms with Crippen molar-refractivity contribution in [2.24, 2.45) is 0 Å². The van der Waals surface area contributed by atoms with Crippen molar-refractivity contribution in [3.63, 3.8) is 0 Å². The molecule has 21 heavy (non-hydrogen) atoms. The Bertz CT molecular complexity index is 793. The number of benzene rings is 1. The summed E-state index contributed by atoms with van der Waals surface area (Å²) in [6.45, 7) is 0. The quantitative estimate of drug-likeness (QED) is 0.670. The van der Waals surface area contributed by atoms with Crippen molar-refractivity contribution in [3.8, 4) is 11.8 Å². The van der Waals surface area contributed by atoms with Crippen LogP contribution in [-0.4, -0.2) is 26.0 Å². The average Bonchev–Trinajstić information content (AvgIpc) is 2.79. The van der Waals surface area contributed by atoms with Crippen LogP contribution < -0.4 is 10.2 Å². The largest absolute Gasteiger partial charge is 0.492 e. The van der Waals surface area contributed by atoms with Crippen molar-refractivity contribution < 1.29 is 19.8 Å². The predicted octanol–water partition coefficient (Wildman–Crippen LogP) is 2.11. The summed E-state index contributed by atoms with van der Waals surface area (Å²) in [4.78, 5) is 20.7. The van der Waals surface area contributed by atoms with Gasteiger partial charge in [-0.05, 0) is 18.2 Å². The summed E-state index contributed by atoms with van der Waals surface area (Å²) in [6.07, 6.45) is -0.889. The molecule has 0 saturated carbocycles. The van der Waals surface area contributed by atoms with Gasteiger partial charge in [0, 0.05) is 17.5 Å². The van der Waals surface area contributed by atoms with Gasteiger partial charge in [-0.2, -0.15) is 0 Å². The fourth-order valence-electron chi connectivity index (χ4n) is 1.84. The number of aromatic nitrogens is 2. The predicted molar refractivity (Wildman–Crippen MR) is 75.1 cm³/mol. The molecule has 7 nitrogen and oxygen atoms in total. The molecule has 106 valence electrons. The molecule has 0 fully saturated rings. The number of nitrogens with zero attached hydrogens (tertiary/aromatic N) is 2. The van der Waals surface area contributed by atoms with Crippen molar-refractivity contribution in [1.82, 2.24) is 9.71 Å². The van der Waals surface area contributed by atoms with E-state index in [1.54, 1.807) is 6.07 Å². The lowest BCUT2D eigenvalue weighted by atomic mass is 10.2. The molecule has 3 aromatic rings. The lowest BCUT2D eigenvalue weighted by molar-refractivity contribution is 0.120. The summed E-state index contributed by atoms with van der Waals surface area (Å²) in [6, 6.07) is 13.3. The van der Waals surface area contributed by atoms with E-state index in [0.717, 1.165) is 10.9 Å². The van der Waals surface area contributed by atoms with Crippen LogP contribution >= 0.6 is 0 Å². The number of aromatic hydroxyl groups is 2. The van der Waals surface area contributed by atoms with Crippen LogP contribution in [-0.2, 0) is 0 Å². The maximum atomic E-state index is 11.7. The Morgan fingerprint density at radius 2 is 1.76 bits per heavy atom. The van der Waals surface area contributed by atoms with E-state index in [1.807, 2.05) is 30.3 Å². The molecular formula is C14H11N3O4. The number of carbonyl (C=O) groups is 1. The van der Waals surface area contributed by atoms with Gasteiger partial charge in [0.15, 0.2) is 0 Å². The minimum absolute atomic E-state index is 0.296. The van der Waals surface area contributed by atoms with Crippen molar-refractivity contribution in [2.45, 2.75) is 0 Å². The van der Waals surface area contributed by atoms with Gasteiger partial charge in [0.05, 0.1) is 5.52 Å². The number of nitrogens with one attached hydrogen (secondary N) is 1. The molecule has 7 heteroatoms. The van der Waals surface area contributed by atoms with Crippen molar-refractivity contribution >= 4 is 22.8 Å². The zero-order valence-corrected chi connectivity index (χ0v) is 10.7. The standard InChI is InChI=1S/C14H11N3O4/c18-12-7-8-13(19)17(12)21-14(20)16-11-6-5-9-3-1-2-4-10(9)15-11/h1-8,18-19H,(H,15,16,20). The minimum Gasteiger partial charge on any atom is -0.492 e. The molecule has 1 amide bonds. The van der Waals surface area contributed by atoms with E-state index in [0.29, 0.717) is 10.5 Å². The number of hydrogen-bond donors (Lipinski definition) is 3. The number of pyridine rings is 1. The molecule has 0 radical (unpaired) electrons. The van der Waals surface area contributed by atoms with Gasteiger partial charge in [-0.15, -0.1) is 4.73 Å². The Morgan fingerprint density at radius 3 is 2.52 bits per heavy atom. The van der Waals surface area contributed by atoms with Crippen LogP contribution in [0.4, 0.5) is 10.6 Å². The number of anilines is 1. The maximum absolute atomic E-state index is 11.7. The van der Waals surface area contributed by atoms with Crippen LogP contribution in [0.5, 0.6) is 11.8 Å². The number of para-hydroxylation sites is 1. The lowest BCUT2D eigenvalue weighted by Crippen LogP contribution is -2.24. The molecular weight excluding hydrogens is 274 g/mol. The summed E-state index contributed by atoms with van der Waals surface area (Å²) in [7, 11) is 0. The van der Waals surface area contributed by atoms with Gasteiger partial charge in [-0.3, -0.25) is 5.32 Å². The fraction of sp³-hybridized carbons (Fsp3) is 0. The molecule has 0 unspecified atom stereocenters. The van der Waals surface area contributed by atoms with E-state index < -0.39 is 17.9 Å². The smallest absolute Gasteiger partial charge is 0.437 e. The Morgan fingerprint density at radius 1 is 1.05 bits per heavy atom. The zero-order valence-electron chi connectivity index (χ0n) is 10.7. The molecule has 3 rings (SSSR count). The Hall–Kier alpha value is -3.22. The van der Waals surface area contributed by atoms with E-state index in [2.05, 4.69) is 10.3 Å². The van der Waals surface area contributed by atoms with Crippen LogP contribution in [0.2, 0.25) is 0 Å². The van der Waals surface area contributed by atoms with E-state index >= 15 is 0 Å². The van der Waals surface area contributed by atoms with Gasteiger partial charge in [0.1, 0.15) is 5.82 Å². The van der Waals surface area contributed by atoms with Gasteiger partial charge in [0.25, 0.3) is 0 Å². The van der Waals surface area contributed by atoms with Crippen LogP contribution in [0, 0.1) is 0 Å². The summed E-state index contributed by atoms with van der Waals surface area (Å²) in [5.41, 5.74) is 0.724. The molecule has 2 aromatic heterocycles. The third kappa shape index (κ3) is 2.57. The van der Waals surface area contributed by atoms with E-state index in [4.69, 9.17) is 4.84 Å². The number of rotatable bonds is 2. The number of amides is 1. The van der Waals surface area contributed by atoms with Gasteiger partial charge in [0.2, 0.25) is 11.8 Å². The van der Waals surface area contributed by atoms with Gasteiger partial charge < -0.3 is 15.1 Å². The Balaban J connectivity index is 1.77. The van der Waals surface area contributed by atoms with Gasteiger partial charge in [-0.1, -0.05) is 18.2 Å². The molecule has 0 spiro atoms. The molecule has 3 N–H and O–H groups in total. The normalized spacial score (nSPS) is 10.5. The van der Waals surface area contributed by atoms with Crippen LogP contribution in [0.1, 0.15) is 0 Å². The Labute approximate surface area is 119 Å². The lowest BCUT2D eigenvalue weighted by Gasteiger charge is -2.08. The minimum atomic E-state index is -0.889. The summed E-state index contributed by atoms with van der Waals surface area (Å²) >= 11 is 0. The highest BCUT2D eigenvalue weighted by Crippen LogP contribution is 2.19. The summed E-state index contributed by atoms with van der Waals surface area (Å²) in [5.74, 6) is -0.493. The van der Waals surface area contributed by atoms with E-state index in [-0.39, 0.29) is 0 Å². The summed E-state index contributed by atoms with van der Waals surface area (Å²) < 4.78 is 0.594. The van der Waals surface area contributed by atoms with E-state index in [9.17, 15) is 15.0 Å². The third-order valence-corrected chi connectivity index (χ3v) is 2.80. The number of hydrogen-bond acceptors (Lipinski definition) is 5. The molecule has 0 aliphatic rings. The van der Waals surface area contributed by atoms with Gasteiger partial charge >= 0.3 is 6.09 Å². The van der Waals surface area contributed by atoms with Crippen LogP contribution in [0.3, 0.4) is 0 Å². The first-order chi connectivity index (χ1) is 10.1. The number of fused-ring (bicyclic) bond motifs is 1. The highest BCUT2D eigenvalue weighted by molar-refractivity contribution is 5.87. The highest BCUT2D eigenvalue weighted by atomic mass is 16.7. The first-order valence-electron chi connectivity index (χ1n) is 6.08. The molecule has 0 bridgehead atoms. The zero-order chi connectivity index (χ0) is 14.8. The second kappa shape index (κ2) is 5.04. The van der Waals surface area contributed by atoms with Crippen LogP contribution in [0.15, 0.2) is 48.5 Å². The van der Waals surface area contributed by atoms with Crippen molar-refractivity contribution in [1.29, 1.82) is 0 Å². The molecule has 0 atom stereocenters. The first-order valence-corrected chi connectivity index (χ1v) is 6.08. The second-order valence-corrected chi connectivity index (χ2v) is 4.24. The average molecular weight is 285 g/mol. The molecule has 0 saturated heterocycles. The number of carbonyl (C=O) groups excluding carboxylic acids is 1. The third-order valence-electron chi connectivity index (χ3n) is 2.80. The van der Waals surface area contributed by atoms with Crippen molar-refractivity contribution in [3.05, 3.63) is 48.5 Å². The van der Waals surface area contributed by atoms with Crippen molar-refractivity contribution in [2.75, 3.05) is 5.32 Å². The maximum Gasteiger partial charge on any atom is 0.437 e. The molecule has 1 aromatic carbocycles. The Kier molecular flexibility index (Phi) is 3.07. The molecule has 2 heterocycles. The highest BCUT2D eigenvalue weighted by Gasteiger charge is 2.12. The topological polar surface area (TPSA) is 96.6 Å². The van der Waals surface area contributed by atoms with Crippen LogP contribution in [0.25, 0.3) is 10.9 Å². The van der Waals surface area contributed by atoms with Gasteiger partial charge in [-0.25, -0.2) is 9.78 Å². The first kappa shape index (κ1) is 12.8. The molecule has 0 aliphatic heterocycles. The summed E-state index contributed by atoms with van der Waals surface area (Å²) in [5, 5.41) is 22.1.